The van der Waals surface area contributed by atoms with Crippen LogP contribution >= 0.6 is 11.6 Å². The van der Waals surface area contributed by atoms with E-state index in [1.54, 1.807) is 4.90 Å². The smallest absolute Gasteiger partial charge is 0.267 e. The van der Waals surface area contributed by atoms with Gasteiger partial charge in [0.05, 0.1) is 23.5 Å². The van der Waals surface area contributed by atoms with Crippen molar-refractivity contribution in [2.24, 2.45) is 0 Å². The first-order chi connectivity index (χ1) is 14.4. The number of carbonyl (C=O) groups excluding carboxylic acids is 1. The Kier molecular flexibility index (Phi) is 6.68. The minimum Gasteiger partial charge on any atom is -0.438 e. The zero-order valence-corrected chi connectivity index (χ0v) is 16.2. The van der Waals surface area contributed by atoms with Crippen molar-refractivity contribution in [3.8, 4) is 11.6 Å². The second-order valence-corrected chi connectivity index (χ2v) is 6.69. The van der Waals surface area contributed by atoms with Crippen molar-refractivity contribution in [2.75, 3.05) is 6.54 Å². The number of aromatic nitrogens is 2. The van der Waals surface area contributed by atoms with Gasteiger partial charge in [0.1, 0.15) is 23.2 Å². The molecule has 1 aliphatic rings. The second-order valence-electron chi connectivity index (χ2n) is 6.28. The lowest BCUT2D eigenvalue weighted by molar-refractivity contribution is -0.104. The van der Waals surface area contributed by atoms with Gasteiger partial charge < -0.3 is 20.2 Å². The Bertz CT molecular complexity index is 1020. The van der Waals surface area contributed by atoms with Gasteiger partial charge >= 0.3 is 0 Å². The number of allylic oxidation sites excluding steroid dienone is 2. The number of nitrogens with zero attached hydrogens (tertiary/aromatic N) is 3. The maximum absolute atomic E-state index is 13.4. The standard InChI is InChI=1S/C19H16ClF3N4O3/c20-13(8-28)15(6-24)27-4-3-11-14(7-27)25-17(9-29)26-19(11)30-16-2-1-10(21)5-12(16)18(22)23/h1-2,5-6,8,18,24,29H,3-4,7,9H2/b15-13-,24-6?. The lowest BCUT2D eigenvalue weighted by Gasteiger charge is -2.31. The Morgan fingerprint density at radius 1 is 1.40 bits per heavy atom. The molecule has 2 heterocycles. The normalized spacial score (nSPS) is 14.3. The third kappa shape index (κ3) is 4.44. The van der Waals surface area contributed by atoms with Crippen molar-refractivity contribution in [3.05, 3.63) is 57.4 Å². The first-order valence-electron chi connectivity index (χ1n) is 8.73. The number of alkyl halides is 2. The fourth-order valence-electron chi connectivity index (χ4n) is 3.06. The van der Waals surface area contributed by atoms with Gasteiger partial charge in [-0.15, -0.1) is 0 Å². The van der Waals surface area contributed by atoms with Crippen LogP contribution in [0.15, 0.2) is 28.9 Å². The molecule has 2 aromatic rings. The molecule has 0 amide bonds. The number of aldehydes is 1. The fourth-order valence-corrected chi connectivity index (χ4v) is 3.24. The lowest BCUT2D eigenvalue weighted by atomic mass is 10.1. The summed E-state index contributed by atoms with van der Waals surface area (Å²) < 4.78 is 45.5. The highest BCUT2D eigenvalue weighted by Gasteiger charge is 2.26. The molecule has 0 atom stereocenters. The summed E-state index contributed by atoms with van der Waals surface area (Å²) in [5, 5.41) is 16.8. The monoisotopic (exact) mass is 440 g/mol. The van der Waals surface area contributed by atoms with Crippen LogP contribution in [0.1, 0.15) is 29.1 Å². The SMILES string of the molecule is N=C/C(=C(/Cl)C=O)N1CCc2c(nc(CO)nc2Oc2ccc(F)cc2C(F)F)C1. The van der Waals surface area contributed by atoms with E-state index in [0.717, 1.165) is 18.3 Å². The Labute approximate surface area is 174 Å². The lowest BCUT2D eigenvalue weighted by Crippen LogP contribution is -2.32. The van der Waals surface area contributed by atoms with Crippen LogP contribution in [-0.4, -0.2) is 39.0 Å². The summed E-state index contributed by atoms with van der Waals surface area (Å²) in [5.41, 5.74) is 0.505. The minimum atomic E-state index is -2.97. The van der Waals surface area contributed by atoms with Gasteiger partial charge in [0.15, 0.2) is 12.1 Å². The number of nitrogens with one attached hydrogen (secondary N) is 1. The summed E-state index contributed by atoms with van der Waals surface area (Å²) in [6.45, 7) is -0.0800. The van der Waals surface area contributed by atoms with Crippen LogP contribution in [0.25, 0.3) is 0 Å². The molecular weight excluding hydrogens is 425 g/mol. The quantitative estimate of drug-likeness (QED) is 0.388. The average molecular weight is 441 g/mol. The summed E-state index contributed by atoms with van der Waals surface area (Å²) in [4.78, 5) is 20.9. The summed E-state index contributed by atoms with van der Waals surface area (Å²) in [6.07, 6.45) is -1.30. The molecule has 0 radical (unpaired) electrons. The highest BCUT2D eigenvalue weighted by Crippen LogP contribution is 2.35. The van der Waals surface area contributed by atoms with Gasteiger partial charge in [-0.3, -0.25) is 4.79 Å². The second kappa shape index (κ2) is 9.23. The largest absolute Gasteiger partial charge is 0.438 e. The maximum atomic E-state index is 13.4. The van der Waals surface area contributed by atoms with Gasteiger partial charge in [-0.2, -0.15) is 4.98 Å². The number of carbonyl (C=O) groups is 1. The molecule has 1 aromatic heterocycles. The zero-order chi connectivity index (χ0) is 21.8. The van der Waals surface area contributed by atoms with E-state index >= 15 is 0 Å². The van der Waals surface area contributed by atoms with Crippen LogP contribution in [0.3, 0.4) is 0 Å². The van der Waals surface area contributed by atoms with E-state index in [9.17, 15) is 23.1 Å². The molecule has 0 unspecified atom stereocenters. The molecule has 158 valence electrons. The van der Waals surface area contributed by atoms with Crippen LogP contribution in [0.2, 0.25) is 0 Å². The Balaban J connectivity index is 2.01. The van der Waals surface area contributed by atoms with E-state index in [0.29, 0.717) is 36.6 Å². The number of fused-ring (bicyclic) bond motifs is 1. The van der Waals surface area contributed by atoms with Crippen LogP contribution < -0.4 is 4.74 Å². The van der Waals surface area contributed by atoms with E-state index in [1.807, 2.05) is 0 Å². The average Bonchev–Trinajstić information content (AvgIpc) is 2.74. The van der Waals surface area contributed by atoms with E-state index < -0.39 is 24.4 Å². The Morgan fingerprint density at radius 2 is 2.17 bits per heavy atom. The number of halogens is 4. The number of aliphatic hydroxyl groups is 1. The molecule has 1 aromatic carbocycles. The number of ether oxygens (including phenoxy) is 1. The summed E-state index contributed by atoms with van der Waals surface area (Å²) in [5.74, 6) is -1.12. The Morgan fingerprint density at radius 3 is 2.80 bits per heavy atom. The molecular formula is C19H16ClF3N4O3. The van der Waals surface area contributed by atoms with Gasteiger partial charge in [0.25, 0.3) is 6.43 Å². The number of hydrogen-bond donors (Lipinski definition) is 2. The number of hydrogen-bond acceptors (Lipinski definition) is 7. The number of aliphatic hydroxyl groups excluding tert-OH is 1. The third-order valence-corrected chi connectivity index (χ3v) is 4.74. The molecule has 0 saturated heterocycles. The molecule has 0 spiro atoms. The highest BCUT2D eigenvalue weighted by atomic mass is 35.5. The molecule has 0 aliphatic carbocycles. The van der Waals surface area contributed by atoms with Crippen molar-refractivity contribution in [3.63, 3.8) is 0 Å². The third-order valence-electron chi connectivity index (χ3n) is 4.45. The number of rotatable bonds is 7. The highest BCUT2D eigenvalue weighted by molar-refractivity contribution is 6.40. The van der Waals surface area contributed by atoms with Crippen molar-refractivity contribution in [2.45, 2.75) is 26.0 Å². The topological polar surface area (TPSA) is 99.4 Å². The molecule has 30 heavy (non-hydrogen) atoms. The maximum Gasteiger partial charge on any atom is 0.267 e. The molecule has 0 fully saturated rings. The molecule has 0 saturated carbocycles. The fraction of sp³-hybridized carbons (Fsp3) is 0.263. The number of benzene rings is 1. The summed E-state index contributed by atoms with van der Waals surface area (Å²) in [6, 6.07) is 2.76. The molecule has 0 bridgehead atoms. The minimum absolute atomic E-state index is 0.00632. The molecule has 2 N–H and O–H groups in total. The van der Waals surface area contributed by atoms with Crippen LogP contribution in [0.4, 0.5) is 13.2 Å². The van der Waals surface area contributed by atoms with Gasteiger partial charge in [-0.05, 0) is 24.6 Å². The van der Waals surface area contributed by atoms with Crippen molar-refractivity contribution in [1.29, 1.82) is 5.41 Å². The summed E-state index contributed by atoms with van der Waals surface area (Å²) in [7, 11) is 0. The van der Waals surface area contributed by atoms with Gasteiger partial charge in [0, 0.05) is 18.3 Å². The first-order valence-corrected chi connectivity index (χ1v) is 9.11. The van der Waals surface area contributed by atoms with Crippen LogP contribution in [0, 0.1) is 11.2 Å². The van der Waals surface area contributed by atoms with Gasteiger partial charge in [0.2, 0.25) is 5.88 Å². The molecule has 1 aliphatic heterocycles. The van der Waals surface area contributed by atoms with E-state index in [2.05, 4.69) is 9.97 Å². The first kappa shape index (κ1) is 21.7. The van der Waals surface area contributed by atoms with Crippen molar-refractivity contribution in [1.82, 2.24) is 14.9 Å². The Hall–Kier alpha value is -2.98. The van der Waals surface area contributed by atoms with Gasteiger partial charge in [-0.1, -0.05) is 11.6 Å². The van der Waals surface area contributed by atoms with Gasteiger partial charge in [-0.25, -0.2) is 18.2 Å². The molecule has 11 heteroatoms. The van der Waals surface area contributed by atoms with E-state index in [1.165, 1.54) is 0 Å². The van der Waals surface area contributed by atoms with Crippen molar-refractivity contribution >= 4 is 24.1 Å². The molecule has 7 nitrogen and oxygen atoms in total. The van der Waals surface area contributed by atoms with E-state index in [-0.39, 0.29) is 34.7 Å². The predicted octanol–water partition coefficient (Wildman–Crippen LogP) is 3.49. The van der Waals surface area contributed by atoms with Crippen molar-refractivity contribution < 1.29 is 27.8 Å². The van der Waals surface area contributed by atoms with Crippen LogP contribution in [0.5, 0.6) is 11.6 Å². The van der Waals surface area contributed by atoms with E-state index in [4.69, 9.17) is 21.7 Å². The summed E-state index contributed by atoms with van der Waals surface area (Å²) >= 11 is 5.87. The zero-order valence-electron chi connectivity index (χ0n) is 15.4. The van der Waals surface area contributed by atoms with Crippen LogP contribution in [-0.2, 0) is 24.4 Å². The molecule has 3 rings (SSSR count). The predicted molar refractivity (Wildman–Crippen MR) is 101 cm³/mol.